The number of hydrogen-bond donors (Lipinski definition) is 1. The van der Waals surface area contributed by atoms with E-state index in [1.54, 1.807) is 0 Å². The molecule has 2 aliphatic rings. The van der Waals surface area contributed by atoms with Crippen LogP contribution < -0.4 is 10.4 Å². The zero-order chi connectivity index (χ0) is 30.4. The molecule has 4 rings (SSSR count). The number of fused-ring (bicyclic) bond motifs is 2. The van der Waals surface area contributed by atoms with Crippen LogP contribution in [0.15, 0.2) is 60.7 Å². The van der Waals surface area contributed by atoms with Crippen molar-refractivity contribution in [2.45, 2.75) is 129 Å². The van der Waals surface area contributed by atoms with Crippen molar-refractivity contribution in [3.05, 3.63) is 60.7 Å². The van der Waals surface area contributed by atoms with Crippen molar-refractivity contribution < 1.29 is 19.1 Å². The predicted octanol–water partition coefficient (Wildman–Crippen LogP) is 7.75. The zero-order valence-corrected chi connectivity index (χ0v) is 27.8. The van der Waals surface area contributed by atoms with E-state index in [2.05, 4.69) is 58.9 Å². The smallest absolute Gasteiger partial charge is 0.306 e. The minimum atomic E-state index is -2.94. The second-order valence-electron chi connectivity index (χ2n) is 14.6. The minimum absolute atomic E-state index is 0.0350. The van der Waals surface area contributed by atoms with Gasteiger partial charge in [-0.05, 0) is 65.3 Å². The van der Waals surface area contributed by atoms with Crippen molar-refractivity contribution in [3.63, 3.8) is 0 Å². The van der Waals surface area contributed by atoms with Crippen molar-refractivity contribution in [3.8, 4) is 0 Å². The highest BCUT2D eigenvalue weighted by atomic mass is 28.4. The van der Waals surface area contributed by atoms with Gasteiger partial charge in [0.15, 0.2) is 0 Å². The van der Waals surface area contributed by atoms with Gasteiger partial charge in [-0.2, -0.15) is 0 Å². The number of carbonyl (C=O) groups is 2. The maximum atomic E-state index is 12.5. The van der Waals surface area contributed by atoms with Crippen LogP contribution in [0.25, 0.3) is 0 Å². The summed E-state index contributed by atoms with van der Waals surface area (Å²) >= 11 is 0. The Bertz CT molecular complexity index is 1140. The molecular formula is C37H54O4Si. The summed E-state index contributed by atoms with van der Waals surface area (Å²) < 4.78 is 5.93. The van der Waals surface area contributed by atoms with E-state index in [0.29, 0.717) is 31.6 Å². The normalized spacial score (nSPS) is 23.2. The first-order chi connectivity index (χ1) is 19.9. The largest absolute Gasteiger partial charge is 0.462 e. The van der Waals surface area contributed by atoms with Crippen molar-refractivity contribution >= 4 is 30.4 Å². The molecule has 1 N–H and O–H groups in total. The maximum absolute atomic E-state index is 12.5. The Kier molecular flexibility index (Phi) is 10.6. The fourth-order valence-corrected chi connectivity index (χ4v) is 11.8. The summed E-state index contributed by atoms with van der Waals surface area (Å²) in [4.78, 5) is 37.2. The summed E-state index contributed by atoms with van der Waals surface area (Å²) in [6.07, 6.45) is 11.6. The molecule has 2 fully saturated rings. The first-order valence-electron chi connectivity index (χ1n) is 16.5. The van der Waals surface area contributed by atoms with Gasteiger partial charge in [-0.1, -0.05) is 121 Å². The van der Waals surface area contributed by atoms with Crippen LogP contribution in [0.4, 0.5) is 0 Å². The SMILES string of the molecule is CC1(C)C2CC[C@]1(C)[C@H](OC(=O)CCCC(=O)CCCCCCCC(C)(C)[Si](O)(c1ccccc1)c1ccccc1)C2. The van der Waals surface area contributed by atoms with Gasteiger partial charge in [0.05, 0.1) is 0 Å². The van der Waals surface area contributed by atoms with Crippen LogP contribution in [0.5, 0.6) is 0 Å². The molecule has 230 valence electrons. The fourth-order valence-electron chi connectivity index (χ4n) is 7.99. The number of hydrogen-bond acceptors (Lipinski definition) is 4. The molecule has 2 aromatic carbocycles. The van der Waals surface area contributed by atoms with E-state index in [0.717, 1.165) is 61.7 Å². The van der Waals surface area contributed by atoms with Crippen molar-refractivity contribution in [2.24, 2.45) is 16.7 Å². The third-order valence-corrected chi connectivity index (χ3v) is 16.0. The van der Waals surface area contributed by atoms with Crippen molar-refractivity contribution in [2.75, 3.05) is 0 Å². The van der Waals surface area contributed by atoms with Gasteiger partial charge in [0.1, 0.15) is 11.9 Å². The molecule has 42 heavy (non-hydrogen) atoms. The summed E-state index contributed by atoms with van der Waals surface area (Å²) in [7, 11) is -2.94. The van der Waals surface area contributed by atoms with Gasteiger partial charge in [0, 0.05) is 24.7 Å². The number of ketones is 1. The summed E-state index contributed by atoms with van der Waals surface area (Å²) in [6.45, 7) is 11.4. The molecule has 2 bridgehead atoms. The van der Waals surface area contributed by atoms with Crippen molar-refractivity contribution in [1.29, 1.82) is 0 Å². The Hall–Kier alpha value is -2.24. The number of esters is 1. The Morgan fingerprint density at radius 2 is 1.38 bits per heavy atom. The third kappa shape index (κ3) is 6.78. The highest BCUT2D eigenvalue weighted by Crippen LogP contribution is 2.66. The van der Waals surface area contributed by atoms with E-state index in [-0.39, 0.29) is 33.7 Å². The lowest BCUT2D eigenvalue weighted by Gasteiger charge is -2.41. The standard InChI is InChI=1S/C37H54O4Si/c1-35(2,42(40,31-20-12-9-13-21-31)32-22-14-10-15-23-32)26-16-8-6-7-11-18-30(38)19-17-24-34(39)41-33-28-29-25-27-37(33,5)36(29,3)4/h9-10,12-15,20-23,29,33,40H,6-8,11,16-19,24-28H2,1-5H3/t29?,33-,37-/m1/s1. The molecule has 0 aliphatic heterocycles. The average Bonchev–Trinajstić information content (AvgIpc) is 3.30. The highest BCUT2D eigenvalue weighted by molar-refractivity contribution is 6.98. The number of benzene rings is 2. The van der Waals surface area contributed by atoms with Gasteiger partial charge in [-0.15, -0.1) is 0 Å². The number of unbranched alkanes of at least 4 members (excludes halogenated alkanes) is 4. The van der Waals surface area contributed by atoms with Gasteiger partial charge in [0.2, 0.25) is 0 Å². The highest BCUT2D eigenvalue weighted by Gasteiger charge is 2.62. The topological polar surface area (TPSA) is 63.6 Å². The third-order valence-electron chi connectivity index (χ3n) is 11.4. The monoisotopic (exact) mass is 590 g/mol. The van der Waals surface area contributed by atoms with E-state index >= 15 is 0 Å². The van der Waals surface area contributed by atoms with E-state index in [1.165, 1.54) is 6.42 Å². The van der Waals surface area contributed by atoms with Gasteiger partial charge in [0.25, 0.3) is 8.32 Å². The Morgan fingerprint density at radius 1 is 0.833 bits per heavy atom. The molecule has 3 atom stereocenters. The fraction of sp³-hybridized carbons (Fsp3) is 0.622. The Labute approximate surface area is 255 Å². The van der Waals surface area contributed by atoms with Crippen LogP contribution in [-0.4, -0.2) is 31.0 Å². The summed E-state index contributed by atoms with van der Waals surface area (Å²) in [5.41, 5.74) is 0.325. The minimum Gasteiger partial charge on any atom is -0.462 e. The average molecular weight is 591 g/mol. The van der Waals surface area contributed by atoms with E-state index in [1.807, 2.05) is 36.4 Å². The molecule has 0 aromatic heterocycles. The molecule has 4 nitrogen and oxygen atoms in total. The van der Waals surface area contributed by atoms with Crippen LogP contribution in [0, 0.1) is 16.7 Å². The number of rotatable bonds is 16. The van der Waals surface area contributed by atoms with E-state index in [9.17, 15) is 14.4 Å². The first-order valence-corrected chi connectivity index (χ1v) is 18.4. The van der Waals surface area contributed by atoms with Gasteiger partial charge >= 0.3 is 5.97 Å². The Balaban J connectivity index is 1.11. The molecule has 0 amide bonds. The zero-order valence-electron chi connectivity index (χ0n) is 26.8. The molecule has 0 saturated heterocycles. The van der Waals surface area contributed by atoms with E-state index < -0.39 is 8.32 Å². The molecule has 2 aromatic rings. The lowest BCUT2D eigenvalue weighted by molar-refractivity contribution is -0.157. The second-order valence-corrected chi connectivity index (χ2v) is 18.5. The van der Waals surface area contributed by atoms with Crippen LogP contribution in [0.2, 0.25) is 5.04 Å². The quantitative estimate of drug-likeness (QED) is 0.123. The van der Waals surface area contributed by atoms with Crippen LogP contribution in [-0.2, 0) is 14.3 Å². The number of carbonyl (C=O) groups excluding carboxylic acids is 2. The molecule has 5 heteroatoms. The van der Waals surface area contributed by atoms with Crippen LogP contribution in [0.3, 0.4) is 0 Å². The molecular weight excluding hydrogens is 536 g/mol. The first kappa shape index (κ1) is 32.7. The summed E-state index contributed by atoms with van der Waals surface area (Å²) in [5, 5.41) is 1.92. The molecule has 0 radical (unpaired) electrons. The van der Waals surface area contributed by atoms with Gasteiger partial charge < -0.3 is 9.53 Å². The number of ether oxygens (including phenoxy) is 1. The van der Waals surface area contributed by atoms with Gasteiger partial charge in [-0.25, -0.2) is 0 Å². The van der Waals surface area contributed by atoms with Crippen LogP contribution in [0.1, 0.15) is 118 Å². The van der Waals surface area contributed by atoms with E-state index in [4.69, 9.17) is 4.74 Å². The van der Waals surface area contributed by atoms with Gasteiger partial charge in [-0.3, -0.25) is 9.59 Å². The lowest BCUT2D eigenvalue weighted by Crippen LogP contribution is -2.65. The predicted molar refractivity (Wildman–Crippen MR) is 174 cm³/mol. The molecule has 2 saturated carbocycles. The summed E-state index contributed by atoms with van der Waals surface area (Å²) in [5.74, 6) is 0.788. The molecule has 1 unspecified atom stereocenters. The second kappa shape index (κ2) is 13.6. The number of Topliss-reactive ketones (excluding diaryl/α,β-unsaturated/α-hetero) is 1. The molecule has 0 heterocycles. The lowest BCUT2D eigenvalue weighted by atomic mass is 9.70. The molecule has 2 aliphatic carbocycles. The summed E-state index contributed by atoms with van der Waals surface area (Å²) in [6, 6.07) is 20.5. The van der Waals surface area contributed by atoms with Crippen LogP contribution >= 0.6 is 0 Å². The maximum Gasteiger partial charge on any atom is 0.306 e. The Morgan fingerprint density at radius 3 is 1.93 bits per heavy atom. The van der Waals surface area contributed by atoms with Crippen molar-refractivity contribution in [1.82, 2.24) is 0 Å². The molecule has 0 spiro atoms.